The highest BCUT2D eigenvalue weighted by molar-refractivity contribution is 7.89. The minimum atomic E-state index is -3.48. The van der Waals surface area contributed by atoms with Crippen molar-refractivity contribution in [2.24, 2.45) is 0 Å². The molecule has 0 aromatic heterocycles. The standard InChI is InChI=1S/C24H26N2O5S/c27-24(9-5-18-4-8-22-23(16-18)31-15-14-30-22)26-13-10-19-17-20(6-7-21(19)26)32(28,29)25-11-2-1-3-12-25/h4-9,16-17H,1-3,10-15H2/b9-5+. The average Bonchev–Trinajstić information content (AvgIpc) is 3.26. The molecule has 7 nitrogen and oxygen atoms in total. The van der Waals surface area contributed by atoms with Gasteiger partial charge < -0.3 is 14.4 Å². The molecule has 0 atom stereocenters. The fourth-order valence-corrected chi connectivity index (χ4v) is 6.01. The molecule has 0 saturated carbocycles. The Labute approximate surface area is 188 Å². The molecule has 1 amide bonds. The lowest BCUT2D eigenvalue weighted by Gasteiger charge is -2.26. The minimum Gasteiger partial charge on any atom is -0.486 e. The summed E-state index contributed by atoms with van der Waals surface area (Å²) in [5, 5.41) is 0. The molecule has 8 heteroatoms. The first-order valence-corrected chi connectivity index (χ1v) is 12.5. The van der Waals surface area contributed by atoms with Gasteiger partial charge in [0, 0.05) is 31.4 Å². The number of amides is 1. The summed E-state index contributed by atoms with van der Waals surface area (Å²) in [4.78, 5) is 14.9. The number of ether oxygens (including phenoxy) is 2. The predicted molar refractivity (Wildman–Crippen MR) is 122 cm³/mol. The Morgan fingerprint density at radius 3 is 2.50 bits per heavy atom. The van der Waals surface area contributed by atoms with Gasteiger partial charge in [-0.2, -0.15) is 4.31 Å². The first-order chi connectivity index (χ1) is 15.5. The van der Waals surface area contributed by atoms with E-state index in [2.05, 4.69) is 0 Å². The smallest absolute Gasteiger partial charge is 0.251 e. The molecule has 1 fully saturated rings. The first kappa shape index (κ1) is 21.0. The summed E-state index contributed by atoms with van der Waals surface area (Å²) in [6.07, 6.45) is 6.83. The Bertz CT molecular complexity index is 1170. The topological polar surface area (TPSA) is 76.1 Å². The monoisotopic (exact) mass is 454 g/mol. The number of piperidine rings is 1. The van der Waals surface area contributed by atoms with Crippen molar-refractivity contribution in [3.63, 3.8) is 0 Å². The molecule has 0 spiro atoms. The SMILES string of the molecule is O=C(/C=C/c1ccc2c(c1)OCCO2)N1CCc2cc(S(=O)(=O)N3CCCCC3)ccc21. The van der Waals surface area contributed by atoms with Crippen LogP contribution in [0.5, 0.6) is 11.5 Å². The van der Waals surface area contributed by atoms with Gasteiger partial charge in [-0.05, 0) is 66.8 Å². The fraction of sp³-hybridized carbons (Fsp3) is 0.375. The summed E-state index contributed by atoms with van der Waals surface area (Å²) >= 11 is 0. The van der Waals surface area contributed by atoms with Gasteiger partial charge in [0.2, 0.25) is 10.0 Å². The van der Waals surface area contributed by atoms with Crippen molar-refractivity contribution in [3.8, 4) is 11.5 Å². The zero-order valence-corrected chi connectivity index (χ0v) is 18.6. The second kappa shape index (κ2) is 8.60. The van der Waals surface area contributed by atoms with Crippen LogP contribution < -0.4 is 14.4 Å². The molecule has 0 radical (unpaired) electrons. The lowest BCUT2D eigenvalue weighted by atomic mass is 10.1. The normalized spacial score (nSPS) is 18.7. The molecule has 0 N–H and O–H groups in total. The molecule has 2 aromatic rings. The minimum absolute atomic E-state index is 0.134. The number of anilines is 1. The van der Waals surface area contributed by atoms with Crippen LogP contribution in [0.1, 0.15) is 30.4 Å². The van der Waals surface area contributed by atoms with Crippen LogP contribution in [0.3, 0.4) is 0 Å². The molecule has 3 aliphatic heterocycles. The van der Waals surface area contributed by atoms with Gasteiger partial charge >= 0.3 is 0 Å². The Hall–Kier alpha value is -2.84. The summed E-state index contributed by atoms with van der Waals surface area (Å²) in [6, 6.07) is 10.7. The molecular weight excluding hydrogens is 428 g/mol. The van der Waals surface area contributed by atoms with Crippen LogP contribution in [0.4, 0.5) is 5.69 Å². The maximum absolute atomic E-state index is 13.0. The van der Waals surface area contributed by atoms with E-state index in [4.69, 9.17) is 9.47 Å². The largest absolute Gasteiger partial charge is 0.486 e. The number of rotatable bonds is 4. The van der Waals surface area contributed by atoms with E-state index < -0.39 is 10.0 Å². The third kappa shape index (κ3) is 4.00. The number of fused-ring (bicyclic) bond motifs is 2. The maximum Gasteiger partial charge on any atom is 0.251 e. The van der Waals surface area contributed by atoms with Gasteiger partial charge in [-0.25, -0.2) is 8.42 Å². The molecule has 0 aliphatic carbocycles. The molecule has 0 bridgehead atoms. The van der Waals surface area contributed by atoms with E-state index in [1.54, 1.807) is 39.6 Å². The molecule has 3 aliphatic rings. The fourth-order valence-electron chi connectivity index (χ4n) is 4.44. The van der Waals surface area contributed by atoms with Crippen LogP contribution in [0.15, 0.2) is 47.4 Å². The molecule has 5 rings (SSSR count). The number of hydrogen-bond donors (Lipinski definition) is 0. The molecule has 32 heavy (non-hydrogen) atoms. The predicted octanol–water partition coefficient (Wildman–Crippen LogP) is 3.23. The van der Waals surface area contributed by atoms with Gasteiger partial charge in [0.05, 0.1) is 4.90 Å². The van der Waals surface area contributed by atoms with E-state index >= 15 is 0 Å². The maximum atomic E-state index is 13.0. The van der Waals surface area contributed by atoms with E-state index in [0.29, 0.717) is 55.7 Å². The van der Waals surface area contributed by atoms with Crippen LogP contribution in [0.2, 0.25) is 0 Å². The number of carbonyl (C=O) groups excluding carboxylic acids is 1. The van der Waals surface area contributed by atoms with Crippen molar-refractivity contribution >= 4 is 27.7 Å². The zero-order valence-electron chi connectivity index (χ0n) is 17.8. The van der Waals surface area contributed by atoms with E-state index in [-0.39, 0.29) is 5.91 Å². The zero-order chi connectivity index (χ0) is 22.1. The number of carbonyl (C=O) groups is 1. The van der Waals surface area contributed by atoms with Gasteiger partial charge in [0.1, 0.15) is 13.2 Å². The van der Waals surface area contributed by atoms with E-state index in [1.807, 2.05) is 18.2 Å². The second-order valence-electron chi connectivity index (χ2n) is 8.23. The third-order valence-electron chi connectivity index (χ3n) is 6.15. The van der Waals surface area contributed by atoms with Crippen molar-refractivity contribution in [2.45, 2.75) is 30.6 Å². The molecule has 2 aromatic carbocycles. The van der Waals surface area contributed by atoms with Crippen LogP contribution in [-0.2, 0) is 21.2 Å². The Balaban J connectivity index is 1.32. The molecule has 0 unspecified atom stereocenters. The Kier molecular flexibility index (Phi) is 5.65. The molecule has 168 valence electrons. The van der Waals surface area contributed by atoms with Gasteiger partial charge in [0.25, 0.3) is 5.91 Å². The summed E-state index contributed by atoms with van der Waals surface area (Å²) in [6.45, 7) is 2.74. The van der Waals surface area contributed by atoms with Crippen LogP contribution in [-0.4, -0.2) is 51.5 Å². The average molecular weight is 455 g/mol. The number of benzene rings is 2. The summed E-state index contributed by atoms with van der Waals surface area (Å²) < 4.78 is 38.7. The van der Waals surface area contributed by atoms with Gasteiger partial charge in [-0.1, -0.05) is 12.5 Å². The van der Waals surface area contributed by atoms with Crippen molar-refractivity contribution in [1.82, 2.24) is 4.31 Å². The van der Waals surface area contributed by atoms with Gasteiger partial charge in [0.15, 0.2) is 11.5 Å². The van der Waals surface area contributed by atoms with Crippen molar-refractivity contribution in [1.29, 1.82) is 0 Å². The number of hydrogen-bond acceptors (Lipinski definition) is 5. The summed E-state index contributed by atoms with van der Waals surface area (Å²) in [7, 11) is -3.48. The highest BCUT2D eigenvalue weighted by Gasteiger charge is 2.29. The van der Waals surface area contributed by atoms with Crippen LogP contribution >= 0.6 is 0 Å². The van der Waals surface area contributed by atoms with E-state index in [9.17, 15) is 13.2 Å². The van der Waals surface area contributed by atoms with Crippen LogP contribution in [0, 0.1) is 0 Å². The Morgan fingerprint density at radius 1 is 0.906 bits per heavy atom. The molecular formula is C24H26N2O5S. The highest BCUT2D eigenvalue weighted by atomic mass is 32.2. The van der Waals surface area contributed by atoms with Gasteiger partial charge in [-0.3, -0.25) is 4.79 Å². The van der Waals surface area contributed by atoms with E-state index in [1.165, 1.54) is 0 Å². The lowest BCUT2D eigenvalue weighted by molar-refractivity contribution is -0.114. The van der Waals surface area contributed by atoms with Gasteiger partial charge in [-0.15, -0.1) is 0 Å². The highest BCUT2D eigenvalue weighted by Crippen LogP contribution is 2.33. The molecule has 3 heterocycles. The van der Waals surface area contributed by atoms with E-state index in [0.717, 1.165) is 36.1 Å². The number of sulfonamides is 1. The van der Waals surface area contributed by atoms with Crippen molar-refractivity contribution < 1.29 is 22.7 Å². The third-order valence-corrected chi connectivity index (χ3v) is 8.04. The van der Waals surface area contributed by atoms with Crippen LogP contribution in [0.25, 0.3) is 6.08 Å². The van der Waals surface area contributed by atoms with Crippen molar-refractivity contribution in [3.05, 3.63) is 53.6 Å². The van der Waals surface area contributed by atoms with Crippen molar-refractivity contribution in [2.75, 3.05) is 37.7 Å². The Morgan fingerprint density at radius 2 is 1.69 bits per heavy atom. The summed E-state index contributed by atoms with van der Waals surface area (Å²) in [5.74, 6) is 1.26. The number of nitrogens with zero attached hydrogens (tertiary/aromatic N) is 2. The quantitative estimate of drug-likeness (QED) is 0.663. The summed E-state index contributed by atoms with van der Waals surface area (Å²) in [5.41, 5.74) is 2.52. The second-order valence-corrected chi connectivity index (χ2v) is 10.2. The lowest BCUT2D eigenvalue weighted by Crippen LogP contribution is -2.35. The molecule has 1 saturated heterocycles. The first-order valence-electron chi connectivity index (χ1n) is 11.0.